The molecule has 2 heterocycles. The van der Waals surface area contributed by atoms with Crippen molar-refractivity contribution in [2.24, 2.45) is 0 Å². The molecule has 1 atom stereocenters. The third-order valence-electron chi connectivity index (χ3n) is 5.56. The lowest BCUT2D eigenvalue weighted by Gasteiger charge is -2.14. The molecular weight excluding hydrogens is 448 g/mol. The Hall–Kier alpha value is -3.81. The zero-order chi connectivity index (χ0) is 24.5. The molecule has 0 aliphatic rings. The van der Waals surface area contributed by atoms with Crippen LogP contribution in [0, 0.1) is 12.7 Å². The number of hydrogen-bond donors (Lipinski definition) is 0. The summed E-state index contributed by atoms with van der Waals surface area (Å²) in [5, 5.41) is 0. The summed E-state index contributed by atoms with van der Waals surface area (Å²) >= 11 is 0. The minimum Gasteiger partial charge on any atom is -0.451 e. The highest BCUT2D eigenvalue weighted by atomic mass is 19.4. The van der Waals surface area contributed by atoms with Gasteiger partial charge in [0, 0.05) is 29.3 Å². The second-order valence-electron chi connectivity index (χ2n) is 8.16. The maximum absolute atomic E-state index is 14.7. The second-order valence-corrected chi connectivity index (χ2v) is 8.16. The van der Waals surface area contributed by atoms with Crippen molar-refractivity contribution in [2.75, 3.05) is 0 Å². The number of carbonyl (C=O) groups excluding carboxylic acids is 1. The highest BCUT2D eigenvalue weighted by Crippen LogP contribution is 2.32. The van der Waals surface area contributed by atoms with Gasteiger partial charge in [-0.2, -0.15) is 13.2 Å². The second kappa shape index (κ2) is 9.21. The van der Waals surface area contributed by atoms with Crippen LogP contribution in [0.1, 0.15) is 46.4 Å². The average molecular weight is 468 g/mol. The molecule has 8 heteroatoms. The molecular formula is C26H20F4N2O2. The molecule has 34 heavy (non-hydrogen) atoms. The van der Waals surface area contributed by atoms with Crippen LogP contribution in [-0.4, -0.2) is 15.8 Å². The van der Waals surface area contributed by atoms with E-state index >= 15 is 0 Å². The van der Waals surface area contributed by atoms with Crippen LogP contribution in [0.4, 0.5) is 17.6 Å². The van der Waals surface area contributed by atoms with Crippen LogP contribution in [0.3, 0.4) is 0 Å². The van der Waals surface area contributed by atoms with Gasteiger partial charge in [-0.25, -0.2) is 9.37 Å². The fourth-order valence-corrected chi connectivity index (χ4v) is 3.68. The Morgan fingerprint density at radius 1 is 1.03 bits per heavy atom. The molecule has 4 rings (SSSR count). The number of aromatic nitrogens is 2. The van der Waals surface area contributed by atoms with Crippen LogP contribution in [0.5, 0.6) is 0 Å². The van der Waals surface area contributed by atoms with Gasteiger partial charge in [-0.05, 0) is 59.9 Å². The summed E-state index contributed by atoms with van der Waals surface area (Å²) in [6.07, 6.45) is -0.670. The number of ketones is 1. The number of benzene rings is 2. The normalized spacial score (nSPS) is 12.5. The van der Waals surface area contributed by atoms with E-state index in [1.807, 2.05) is 0 Å². The van der Waals surface area contributed by atoms with Crippen molar-refractivity contribution in [3.8, 4) is 22.4 Å². The number of carbonyl (C=O) groups is 1. The third kappa shape index (κ3) is 5.06. The van der Waals surface area contributed by atoms with Crippen molar-refractivity contribution in [1.82, 2.24) is 9.97 Å². The zero-order valence-electron chi connectivity index (χ0n) is 18.4. The first-order chi connectivity index (χ1) is 16.1. The summed E-state index contributed by atoms with van der Waals surface area (Å²) in [6, 6.07) is 12.1. The van der Waals surface area contributed by atoms with Gasteiger partial charge in [0.1, 0.15) is 23.5 Å². The van der Waals surface area contributed by atoms with Gasteiger partial charge in [0.25, 0.3) is 0 Å². The van der Waals surface area contributed by atoms with Gasteiger partial charge in [0.05, 0.1) is 0 Å². The van der Waals surface area contributed by atoms with Gasteiger partial charge >= 0.3 is 6.18 Å². The van der Waals surface area contributed by atoms with Gasteiger partial charge in [0.15, 0.2) is 12.2 Å². The van der Waals surface area contributed by atoms with Crippen LogP contribution in [0.15, 0.2) is 71.8 Å². The van der Waals surface area contributed by atoms with Crippen LogP contribution >= 0.6 is 0 Å². The lowest BCUT2D eigenvalue weighted by Crippen LogP contribution is -2.10. The largest absolute Gasteiger partial charge is 0.451 e. The van der Waals surface area contributed by atoms with Crippen LogP contribution in [-0.2, 0) is 6.18 Å². The Bertz CT molecular complexity index is 1310. The van der Waals surface area contributed by atoms with Gasteiger partial charge < -0.3 is 4.42 Å². The molecule has 4 aromatic rings. The SMILES string of the molecule is Cc1ccc(-c2cc(C(=O)C[C@H](C)c3ccc(C(F)(F)F)nc3)cc(-c3cocn3)c2)c(F)c1. The fraction of sp³-hybridized carbons (Fsp3) is 0.192. The number of Topliss-reactive ketones (excluding diaryl/α,β-unsaturated/α-hetero) is 1. The Kier molecular flexibility index (Phi) is 6.32. The predicted molar refractivity (Wildman–Crippen MR) is 119 cm³/mol. The molecule has 0 aliphatic heterocycles. The van der Waals surface area contributed by atoms with Crippen molar-refractivity contribution in [2.45, 2.75) is 32.4 Å². The van der Waals surface area contributed by atoms with E-state index in [9.17, 15) is 22.4 Å². The smallest absolute Gasteiger partial charge is 0.433 e. The number of rotatable bonds is 6. The molecule has 0 bridgehead atoms. The van der Waals surface area contributed by atoms with Gasteiger partial charge in [0.2, 0.25) is 0 Å². The Balaban J connectivity index is 1.66. The predicted octanol–water partition coefficient (Wildman–Crippen LogP) is 7.25. The van der Waals surface area contributed by atoms with E-state index in [1.54, 1.807) is 44.2 Å². The number of oxazole rings is 1. The average Bonchev–Trinajstić information content (AvgIpc) is 3.33. The molecule has 0 unspecified atom stereocenters. The van der Waals surface area contributed by atoms with Crippen molar-refractivity contribution in [3.63, 3.8) is 0 Å². The molecule has 174 valence electrons. The van der Waals surface area contributed by atoms with Crippen molar-refractivity contribution >= 4 is 5.78 Å². The lowest BCUT2D eigenvalue weighted by molar-refractivity contribution is -0.141. The maximum Gasteiger partial charge on any atom is 0.433 e. The molecule has 0 spiro atoms. The van der Waals surface area contributed by atoms with E-state index in [2.05, 4.69) is 9.97 Å². The van der Waals surface area contributed by atoms with E-state index in [-0.39, 0.29) is 18.1 Å². The summed E-state index contributed by atoms with van der Waals surface area (Å²) in [6.45, 7) is 3.52. The van der Waals surface area contributed by atoms with Crippen LogP contribution in [0.2, 0.25) is 0 Å². The third-order valence-corrected chi connectivity index (χ3v) is 5.56. The molecule has 0 radical (unpaired) electrons. The maximum atomic E-state index is 14.7. The van der Waals surface area contributed by atoms with Crippen molar-refractivity contribution in [1.29, 1.82) is 0 Å². The summed E-state index contributed by atoms with van der Waals surface area (Å²) in [5.41, 5.74) is 2.54. The molecule has 0 saturated heterocycles. The van der Waals surface area contributed by atoms with Gasteiger partial charge in [-0.15, -0.1) is 0 Å². The minimum atomic E-state index is -4.53. The molecule has 0 fully saturated rings. The molecule has 2 aromatic heterocycles. The number of nitrogens with zero attached hydrogens (tertiary/aromatic N) is 2. The van der Waals surface area contributed by atoms with E-state index in [0.29, 0.717) is 33.5 Å². The van der Waals surface area contributed by atoms with Crippen LogP contribution in [0.25, 0.3) is 22.4 Å². The Morgan fingerprint density at radius 3 is 2.41 bits per heavy atom. The van der Waals surface area contributed by atoms with E-state index in [1.165, 1.54) is 24.8 Å². The number of hydrogen-bond acceptors (Lipinski definition) is 4. The van der Waals surface area contributed by atoms with E-state index in [0.717, 1.165) is 17.8 Å². The summed E-state index contributed by atoms with van der Waals surface area (Å²) < 4.78 is 58.1. The van der Waals surface area contributed by atoms with Gasteiger partial charge in [-0.1, -0.05) is 25.1 Å². The topological polar surface area (TPSA) is 56.0 Å². The minimum absolute atomic E-state index is 0.0329. The van der Waals surface area contributed by atoms with Gasteiger partial charge in [-0.3, -0.25) is 9.78 Å². The fourth-order valence-electron chi connectivity index (χ4n) is 3.68. The van der Waals surface area contributed by atoms with Crippen molar-refractivity contribution < 1.29 is 26.8 Å². The standard InChI is InChI=1S/C26H20F4N2O2/c1-15-3-5-21(22(27)7-15)18-9-19(23-13-34-14-32-23)11-20(10-18)24(33)8-16(2)17-4-6-25(31-12-17)26(28,29)30/h3-7,9-14,16H,8H2,1-2H3/t16-/m0/s1. The van der Waals surface area contributed by atoms with E-state index in [4.69, 9.17) is 4.42 Å². The molecule has 0 N–H and O–H groups in total. The summed E-state index contributed by atoms with van der Waals surface area (Å²) in [5.74, 6) is -1.04. The quantitative estimate of drug-likeness (QED) is 0.221. The van der Waals surface area contributed by atoms with E-state index < -0.39 is 17.7 Å². The highest BCUT2D eigenvalue weighted by Gasteiger charge is 2.32. The molecule has 0 aliphatic carbocycles. The lowest BCUT2D eigenvalue weighted by atomic mass is 9.91. The number of halogens is 4. The van der Waals surface area contributed by atoms with Crippen LogP contribution < -0.4 is 0 Å². The summed E-state index contributed by atoms with van der Waals surface area (Å²) in [4.78, 5) is 20.8. The highest BCUT2D eigenvalue weighted by molar-refractivity contribution is 5.99. The number of aryl methyl sites for hydroxylation is 1. The Labute approximate surface area is 193 Å². The molecule has 0 amide bonds. The monoisotopic (exact) mass is 468 g/mol. The first-order valence-electron chi connectivity index (χ1n) is 10.5. The summed E-state index contributed by atoms with van der Waals surface area (Å²) in [7, 11) is 0. The zero-order valence-corrected chi connectivity index (χ0v) is 18.4. The first-order valence-corrected chi connectivity index (χ1v) is 10.5. The molecule has 0 saturated carbocycles. The molecule has 2 aromatic carbocycles. The first kappa shape index (κ1) is 23.4. The Morgan fingerprint density at radius 2 is 1.79 bits per heavy atom. The molecule has 4 nitrogen and oxygen atoms in total. The number of pyridine rings is 1. The number of alkyl halides is 3. The van der Waals surface area contributed by atoms with Crippen molar-refractivity contribution in [3.05, 3.63) is 95.6 Å².